The maximum atomic E-state index is 2.29. The van der Waals surface area contributed by atoms with E-state index in [1.54, 1.807) is 11.1 Å². The van der Waals surface area contributed by atoms with Gasteiger partial charge in [-0.05, 0) is 29.9 Å². The summed E-state index contributed by atoms with van der Waals surface area (Å²) in [5, 5.41) is 0. The Morgan fingerprint density at radius 1 is 1.33 bits per heavy atom. The van der Waals surface area contributed by atoms with Gasteiger partial charge in [0.1, 0.15) is 0 Å². The summed E-state index contributed by atoms with van der Waals surface area (Å²) in [4.78, 5) is 0. The van der Waals surface area contributed by atoms with Gasteiger partial charge < -0.3 is 0 Å². The zero-order chi connectivity index (χ0) is 8.39. The number of rotatable bonds is 3. The Hall–Kier alpha value is -0.780. The predicted molar refractivity (Wildman–Crippen MR) is 52.4 cm³/mol. The Morgan fingerprint density at radius 2 is 2.17 bits per heavy atom. The molecule has 1 aromatic carbocycles. The standard InChI is InChI=1S/C12H16/c1-2-3-6-10-9-11-7-4-5-8-12(10)11/h4-5,7-8,10H,2-3,6,9H2,1H3/t10-/m0/s1. The molecule has 0 N–H and O–H groups in total. The van der Waals surface area contributed by atoms with Crippen LogP contribution in [-0.2, 0) is 6.42 Å². The molecule has 2 rings (SSSR count). The highest BCUT2D eigenvalue weighted by molar-refractivity contribution is 5.39. The summed E-state index contributed by atoms with van der Waals surface area (Å²) >= 11 is 0. The Morgan fingerprint density at radius 3 is 2.92 bits per heavy atom. The molecule has 0 spiro atoms. The molecule has 0 nitrogen and oxygen atoms in total. The first kappa shape index (κ1) is 7.85. The second-order valence-electron chi connectivity index (χ2n) is 3.74. The lowest BCUT2D eigenvalue weighted by Crippen LogP contribution is -2.16. The molecule has 1 atom stereocenters. The smallest absolute Gasteiger partial charge is 0.0119 e. The fourth-order valence-electron chi connectivity index (χ4n) is 2.07. The van der Waals surface area contributed by atoms with Gasteiger partial charge in [0.15, 0.2) is 0 Å². The average molecular weight is 160 g/mol. The van der Waals surface area contributed by atoms with Crippen molar-refractivity contribution in [3.63, 3.8) is 0 Å². The SMILES string of the molecule is CCCC[C@H]1Cc2ccccc21. The molecule has 0 heteroatoms. The number of unbranched alkanes of at least 4 members (excludes halogenated alkanes) is 1. The van der Waals surface area contributed by atoms with Crippen LogP contribution in [0.5, 0.6) is 0 Å². The van der Waals surface area contributed by atoms with E-state index in [9.17, 15) is 0 Å². The summed E-state index contributed by atoms with van der Waals surface area (Å²) in [6.07, 6.45) is 5.45. The van der Waals surface area contributed by atoms with E-state index in [0.29, 0.717) is 0 Å². The van der Waals surface area contributed by atoms with E-state index in [-0.39, 0.29) is 0 Å². The van der Waals surface area contributed by atoms with Crippen molar-refractivity contribution in [2.75, 3.05) is 0 Å². The first-order chi connectivity index (χ1) is 5.92. The molecule has 0 aliphatic heterocycles. The van der Waals surface area contributed by atoms with Crippen LogP contribution in [0.25, 0.3) is 0 Å². The molecule has 0 saturated carbocycles. The number of fused-ring (bicyclic) bond motifs is 1. The monoisotopic (exact) mass is 160 g/mol. The van der Waals surface area contributed by atoms with Crippen molar-refractivity contribution >= 4 is 0 Å². The van der Waals surface area contributed by atoms with E-state index in [1.807, 2.05) is 0 Å². The molecule has 64 valence electrons. The summed E-state index contributed by atoms with van der Waals surface area (Å²) in [6, 6.07) is 8.86. The van der Waals surface area contributed by atoms with Crippen molar-refractivity contribution in [1.82, 2.24) is 0 Å². The van der Waals surface area contributed by atoms with Crippen LogP contribution in [0.15, 0.2) is 24.3 Å². The maximum Gasteiger partial charge on any atom is -0.0119 e. The minimum Gasteiger partial charge on any atom is -0.0654 e. The minimum absolute atomic E-state index is 0.890. The Labute approximate surface area is 74.6 Å². The van der Waals surface area contributed by atoms with Crippen molar-refractivity contribution in [3.8, 4) is 0 Å². The van der Waals surface area contributed by atoms with Crippen LogP contribution in [0, 0.1) is 0 Å². The zero-order valence-corrected chi connectivity index (χ0v) is 7.72. The molecular weight excluding hydrogens is 144 g/mol. The van der Waals surface area contributed by atoms with Gasteiger partial charge in [0, 0.05) is 0 Å². The van der Waals surface area contributed by atoms with E-state index in [0.717, 1.165) is 5.92 Å². The lowest BCUT2D eigenvalue weighted by atomic mass is 9.75. The maximum absolute atomic E-state index is 2.29. The van der Waals surface area contributed by atoms with Gasteiger partial charge >= 0.3 is 0 Å². The van der Waals surface area contributed by atoms with Gasteiger partial charge in [-0.15, -0.1) is 0 Å². The third-order valence-electron chi connectivity index (χ3n) is 2.87. The van der Waals surface area contributed by atoms with Crippen LogP contribution >= 0.6 is 0 Å². The Balaban J connectivity index is 2.00. The fraction of sp³-hybridized carbons (Fsp3) is 0.500. The summed E-state index contributed by atoms with van der Waals surface area (Å²) in [6.45, 7) is 2.27. The summed E-state index contributed by atoms with van der Waals surface area (Å²) in [5.41, 5.74) is 3.20. The van der Waals surface area contributed by atoms with Crippen molar-refractivity contribution in [2.45, 2.75) is 38.5 Å². The number of benzene rings is 1. The first-order valence-electron chi connectivity index (χ1n) is 4.99. The molecule has 0 bridgehead atoms. The van der Waals surface area contributed by atoms with Gasteiger partial charge in [0.25, 0.3) is 0 Å². The molecule has 0 fully saturated rings. The molecule has 12 heavy (non-hydrogen) atoms. The van der Waals surface area contributed by atoms with E-state index in [4.69, 9.17) is 0 Å². The average Bonchev–Trinajstić information content (AvgIpc) is 2.07. The first-order valence-corrected chi connectivity index (χ1v) is 4.99. The van der Waals surface area contributed by atoms with Gasteiger partial charge in [-0.2, -0.15) is 0 Å². The third-order valence-corrected chi connectivity index (χ3v) is 2.87. The van der Waals surface area contributed by atoms with Crippen LogP contribution in [0.1, 0.15) is 43.2 Å². The highest BCUT2D eigenvalue weighted by Crippen LogP contribution is 2.37. The quantitative estimate of drug-likeness (QED) is 0.634. The highest BCUT2D eigenvalue weighted by Gasteiger charge is 2.23. The van der Waals surface area contributed by atoms with Crippen LogP contribution in [0.4, 0.5) is 0 Å². The van der Waals surface area contributed by atoms with Crippen molar-refractivity contribution in [1.29, 1.82) is 0 Å². The van der Waals surface area contributed by atoms with Crippen molar-refractivity contribution in [2.24, 2.45) is 0 Å². The molecule has 0 amide bonds. The molecule has 1 aliphatic carbocycles. The molecule has 1 aromatic rings. The molecule has 0 aromatic heterocycles. The molecule has 0 saturated heterocycles. The molecule has 0 radical (unpaired) electrons. The Bertz CT molecular complexity index is 262. The summed E-state index contributed by atoms with van der Waals surface area (Å²) < 4.78 is 0. The topological polar surface area (TPSA) is 0 Å². The molecule has 0 unspecified atom stereocenters. The van der Waals surface area contributed by atoms with E-state index < -0.39 is 0 Å². The minimum atomic E-state index is 0.890. The number of hydrogen-bond acceptors (Lipinski definition) is 0. The summed E-state index contributed by atoms with van der Waals surface area (Å²) in [5.74, 6) is 0.890. The van der Waals surface area contributed by atoms with Crippen LogP contribution < -0.4 is 0 Å². The lowest BCUT2D eigenvalue weighted by Gasteiger charge is -2.29. The van der Waals surface area contributed by atoms with Gasteiger partial charge in [-0.25, -0.2) is 0 Å². The summed E-state index contributed by atoms with van der Waals surface area (Å²) in [7, 11) is 0. The fourth-order valence-corrected chi connectivity index (χ4v) is 2.07. The largest absolute Gasteiger partial charge is 0.0654 e. The van der Waals surface area contributed by atoms with E-state index in [1.165, 1.54) is 25.7 Å². The van der Waals surface area contributed by atoms with Crippen LogP contribution in [0.3, 0.4) is 0 Å². The lowest BCUT2D eigenvalue weighted by molar-refractivity contribution is 0.531. The van der Waals surface area contributed by atoms with Gasteiger partial charge in [0.2, 0.25) is 0 Å². The molecule has 1 aliphatic rings. The van der Waals surface area contributed by atoms with E-state index in [2.05, 4.69) is 31.2 Å². The molecule has 0 heterocycles. The van der Waals surface area contributed by atoms with Crippen molar-refractivity contribution < 1.29 is 0 Å². The van der Waals surface area contributed by atoms with Crippen LogP contribution in [-0.4, -0.2) is 0 Å². The van der Waals surface area contributed by atoms with Crippen molar-refractivity contribution in [3.05, 3.63) is 35.4 Å². The normalized spacial score (nSPS) is 19.9. The van der Waals surface area contributed by atoms with E-state index >= 15 is 0 Å². The second-order valence-corrected chi connectivity index (χ2v) is 3.74. The highest BCUT2D eigenvalue weighted by atomic mass is 14.3. The predicted octanol–water partition coefficient (Wildman–Crippen LogP) is 3.52. The second kappa shape index (κ2) is 3.30. The zero-order valence-electron chi connectivity index (χ0n) is 7.72. The number of hydrogen-bond donors (Lipinski definition) is 0. The van der Waals surface area contributed by atoms with Gasteiger partial charge in [-0.3, -0.25) is 0 Å². The van der Waals surface area contributed by atoms with Gasteiger partial charge in [-0.1, -0.05) is 44.0 Å². The van der Waals surface area contributed by atoms with Gasteiger partial charge in [0.05, 0.1) is 0 Å². The Kier molecular flexibility index (Phi) is 2.16. The van der Waals surface area contributed by atoms with Crippen LogP contribution in [0.2, 0.25) is 0 Å². The molecular formula is C12H16. The third kappa shape index (κ3) is 1.26.